The van der Waals surface area contributed by atoms with Crippen molar-refractivity contribution in [2.75, 3.05) is 5.32 Å². The van der Waals surface area contributed by atoms with Crippen molar-refractivity contribution in [1.82, 2.24) is 5.16 Å². The van der Waals surface area contributed by atoms with Gasteiger partial charge in [0.15, 0.2) is 5.76 Å². The van der Waals surface area contributed by atoms with E-state index < -0.39 is 23.5 Å². The van der Waals surface area contributed by atoms with Gasteiger partial charge in [0.1, 0.15) is 5.82 Å². The van der Waals surface area contributed by atoms with Gasteiger partial charge in [-0.1, -0.05) is 29.4 Å². The van der Waals surface area contributed by atoms with Crippen molar-refractivity contribution in [3.63, 3.8) is 0 Å². The lowest BCUT2D eigenvalue weighted by molar-refractivity contribution is -0.137. The van der Waals surface area contributed by atoms with Gasteiger partial charge in [0.2, 0.25) is 5.91 Å². The van der Waals surface area contributed by atoms with E-state index in [4.69, 9.17) is 4.52 Å². The number of rotatable bonds is 4. The molecule has 0 aliphatic heterocycles. The fourth-order valence-electron chi connectivity index (χ4n) is 2.38. The van der Waals surface area contributed by atoms with Crippen LogP contribution in [0.25, 0.3) is 11.3 Å². The molecule has 0 aliphatic carbocycles. The molecule has 26 heavy (non-hydrogen) atoms. The van der Waals surface area contributed by atoms with Crippen molar-refractivity contribution >= 4 is 11.6 Å². The van der Waals surface area contributed by atoms with E-state index in [9.17, 15) is 22.4 Å². The largest absolute Gasteiger partial charge is 0.418 e. The zero-order valence-electron chi connectivity index (χ0n) is 13.2. The SMILES string of the molecule is O=C(Cc1cc(-c2ccccc2F)on1)Nc1ccccc1C(F)(F)F. The number of anilines is 1. The lowest BCUT2D eigenvalue weighted by Gasteiger charge is -2.13. The molecule has 0 unspecified atom stereocenters. The lowest BCUT2D eigenvalue weighted by atomic mass is 10.1. The number of hydrogen-bond donors (Lipinski definition) is 1. The number of nitrogens with zero attached hydrogens (tertiary/aromatic N) is 1. The molecule has 3 rings (SSSR count). The van der Waals surface area contributed by atoms with Crippen molar-refractivity contribution in [2.45, 2.75) is 12.6 Å². The van der Waals surface area contributed by atoms with Crippen molar-refractivity contribution in [3.8, 4) is 11.3 Å². The van der Waals surface area contributed by atoms with Gasteiger partial charge in [0.25, 0.3) is 0 Å². The third-order valence-electron chi connectivity index (χ3n) is 3.55. The number of halogens is 4. The van der Waals surface area contributed by atoms with E-state index >= 15 is 0 Å². The van der Waals surface area contributed by atoms with Crippen molar-refractivity contribution in [1.29, 1.82) is 0 Å². The summed E-state index contributed by atoms with van der Waals surface area (Å²) in [7, 11) is 0. The summed E-state index contributed by atoms with van der Waals surface area (Å²) >= 11 is 0. The van der Waals surface area contributed by atoms with Gasteiger partial charge < -0.3 is 9.84 Å². The molecule has 0 aliphatic rings. The van der Waals surface area contributed by atoms with Gasteiger partial charge in [-0.15, -0.1) is 0 Å². The van der Waals surface area contributed by atoms with Crippen LogP contribution >= 0.6 is 0 Å². The Bertz CT molecular complexity index is 935. The molecule has 0 bridgehead atoms. The van der Waals surface area contributed by atoms with E-state index in [1.807, 2.05) is 0 Å². The highest BCUT2D eigenvalue weighted by Crippen LogP contribution is 2.34. The van der Waals surface area contributed by atoms with E-state index in [2.05, 4.69) is 10.5 Å². The minimum Gasteiger partial charge on any atom is -0.356 e. The molecule has 0 radical (unpaired) electrons. The lowest BCUT2D eigenvalue weighted by Crippen LogP contribution is -2.18. The molecule has 1 aromatic heterocycles. The Kier molecular flexibility index (Phi) is 4.75. The zero-order valence-corrected chi connectivity index (χ0v) is 13.2. The Morgan fingerprint density at radius 3 is 2.50 bits per heavy atom. The smallest absolute Gasteiger partial charge is 0.356 e. The number of amides is 1. The maximum atomic E-state index is 13.7. The van der Waals surface area contributed by atoms with Gasteiger partial charge in [-0.25, -0.2) is 4.39 Å². The molecule has 0 fully saturated rings. The van der Waals surface area contributed by atoms with E-state index in [1.54, 1.807) is 6.07 Å². The number of hydrogen-bond acceptors (Lipinski definition) is 3. The predicted molar refractivity (Wildman–Crippen MR) is 85.7 cm³/mol. The van der Waals surface area contributed by atoms with Crippen LogP contribution in [0.1, 0.15) is 11.3 Å². The summed E-state index contributed by atoms with van der Waals surface area (Å²) in [4.78, 5) is 12.0. The minimum absolute atomic E-state index is 0.126. The molecular formula is C18H12F4N2O2. The molecule has 0 saturated heterocycles. The van der Waals surface area contributed by atoms with Gasteiger partial charge in [-0.05, 0) is 24.3 Å². The quantitative estimate of drug-likeness (QED) is 0.684. The first-order valence-electron chi connectivity index (χ1n) is 7.51. The molecule has 1 heterocycles. The minimum atomic E-state index is -4.59. The highest BCUT2D eigenvalue weighted by molar-refractivity contribution is 5.93. The molecule has 8 heteroatoms. The van der Waals surface area contributed by atoms with Gasteiger partial charge in [-0.3, -0.25) is 4.79 Å². The summed E-state index contributed by atoms with van der Waals surface area (Å²) in [5.74, 6) is -1.09. The fourth-order valence-corrected chi connectivity index (χ4v) is 2.38. The third kappa shape index (κ3) is 3.90. The average molecular weight is 364 g/mol. The molecule has 1 amide bonds. The predicted octanol–water partition coefficient (Wildman–Crippen LogP) is 4.68. The van der Waals surface area contributed by atoms with Crippen LogP contribution in [0.4, 0.5) is 23.2 Å². The van der Waals surface area contributed by atoms with Crippen LogP contribution in [0.5, 0.6) is 0 Å². The van der Waals surface area contributed by atoms with Gasteiger partial charge in [0, 0.05) is 6.07 Å². The second kappa shape index (κ2) is 6.99. The molecule has 2 aromatic carbocycles. The number of carbonyl (C=O) groups is 1. The first-order chi connectivity index (χ1) is 12.3. The molecule has 1 N–H and O–H groups in total. The first-order valence-corrected chi connectivity index (χ1v) is 7.51. The highest BCUT2D eigenvalue weighted by atomic mass is 19.4. The van der Waals surface area contributed by atoms with Crippen LogP contribution in [0.3, 0.4) is 0 Å². The first kappa shape index (κ1) is 17.7. The fraction of sp³-hybridized carbons (Fsp3) is 0.111. The molecule has 0 spiro atoms. The summed E-state index contributed by atoms with van der Waals surface area (Å²) in [5.41, 5.74) is -0.942. The molecular weight excluding hydrogens is 352 g/mol. The third-order valence-corrected chi connectivity index (χ3v) is 3.55. The number of benzene rings is 2. The normalized spacial score (nSPS) is 11.4. The van der Waals surface area contributed by atoms with Crippen molar-refractivity contribution in [3.05, 3.63) is 71.7 Å². The monoisotopic (exact) mass is 364 g/mol. The van der Waals surface area contributed by atoms with Gasteiger partial charge in [-0.2, -0.15) is 13.2 Å². The molecule has 3 aromatic rings. The highest BCUT2D eigenvalue weighted by Gasteiger charge is 2.33. The molecule has 134 valence electrons. The van der Waals surface area contributed by atoms with Gasteiger partial charge >= 0.3 is 6.18 Å². The van der Waals surface area contributed by atoms with Crippen LogP contribution in [0.2, 0.25) is 0 Å². The second-order valence-corrected chi connectivity index (χ2v) is 5.43. The topological polar surface area (TPSA) is 55.1 Å². The van der Waals surface area contributed by atoms with Crippen LogP contribution in [0.15, 0.2) is 59.1 Å². The van der Waals surface area contributed by atoms with E-state index in [-0.39, 0.29) is 29.1 Å². The summed E-state index contributed by atoms with van der Waals surface area (Å²) < 4.78 is 57.5. The van der Waals surface area contributed by atoms with Crippen LogP contribution < -0.4 is 5.32 Å². The number of para-hydroxylation sites is 1. The van der Waals surface area contributed by atoms with Crippen molar-refractivity contribution < 1.29 is 26.9 Å². The zero-order chi connectivity index (χ0) is 18.7. The standard InChI is InChI=1S/C18H12F4N2O2/c19-14-7-3-1-5-12(14)16-9-11(24-26-16)10-17(25)23-15-8-4-2-6-13(15)18(20,21)22/h1-9H,10H2,(H,23,25). The van der Waals surface area contributed by atoms with Crippen LogP contribution in [-0.4, -0.2) is 11.1 Å². The Hall–Kier alpha value is -3.16. The number of alkyl halides is 3. The molecule has 0 saturated carbocycles. The summed E-state index contributed by atoms with van der Waals surface area (Å²) in [6.45, 7) is 0. The number of aromatic nitrogens is 1. The maximum absolute atomic E-state index is 13.7. The molecule has 0 atom stereocenters. The van der Waals surface area contributed by atoms with E-state index in [0.29, 0.717) is 0 Å². The number of carbonyl (C=O) groups excluding carboxylic acids is 1. The van der Waals surface area contributed by atoms with E-state index in [0.717, 1.165) is 12.1 Å². The van der Waals surface area contributed by atoms with Gasteiger partial charge in [0.05, 0.1) is 28.9 Å². The summed E-state index contributed by atoms with van der Waals surface area (Å²) in [6, 6.07) is 11.9. The van der Waals surface area contributed by atoms with Crippen LogP contribution in [0, 0.1) is 5.82 Å². The summed E-state index contributed by atoms with van der Waals surface area (Å²) in [6.07, 6.45) is -4.90. The molecule has 4 nitrogen and oxygen atoms in total. The maximum Gasteiger partial charge on any atom is 0.418 e. The Morgan fingerprint density at radius 2 is 1.77 bits per heavy atom. The Balaban J connectivity index is 1.74. The average Bonchev–Trinajstić information content (AvgIpc) is 3.03. The summed E-state index contributed by atoms with van der Waals surface area (Å²) in [5, 5.41) is 5.87. The Morgan fingerprint density at radius 1 is 1.08 bits per heavy atom. The van der Waals surface area contributed by atoms with E-state index in [1.165, 1.54) is 36.4 Å². The number of nitrogens with one attached hydrogen (secondary N) is 1. The van der Waals surface area contributed by atoms with Crippen LogP contribution in [-0.2, 0) is 17.4 Å². The second-order valence-electron chi connectivity index (χ2n) is 5.43. The Labute approximate surface area is 145 Å². The van der Waals surface area contributed by atoms with Crippen molar-refractivity contribution in [2.24, 2.45) is 0 Å².